The quantitative estimate of drug-likeness (QED) is 0.703. The summed E-state index contributed by atoms with van der Waals surface area (Å²) in [4.78, 5) is 26.1. The molecule has 1 unspecified atom stereocenters. The molecule has 0 saturated heterocycles. The van der Waals surface area contributed by atoms with E-state index in [1.807, 2.05) is 18.2 Å². The fraction of sp³-hybridized carbons (Fsp3) is 0.0909. The molecule has 4 rings (SSSR count). The van der Waals surface area contributed by atoms with Gasteiger partial charge in [0, 0.05) is 23.2 Å². The Morgan fingerprint density at radius 2 is 1.54 bits per heavy atom. The second-order valence-electron chi connectivity index (χ2n) is 6.38. The number of Topliss-reactive ketones (excluding diaryl/α,β-unsaturated/α-hetero) is 2. The molecule has 1 atom stereocenters. The summed E-state index contributed by atoms with van der Waals surface area (Å²) in [5.41, 5.74) is 1.11. The van der Waals surface area contributed by atoms with Crippen molar-refractivity contribution in [2.24, 2.45) is 0 Å². The highest BCUT2D eigenvalue weighted by molar-refractivity contribution is 6.16. The molecule has 0 spiro atoms. The normalized spacial score (nSPS) is 18.3. The van der Waals surface area contributed by atoms with Crippen molar-refractivity contribution in [2.75, 3.05) is 5.32 Å². The van der Waals surface area contributed by atoms with E-state index in [-0.39, 0.29) is 23.8 Å². The van der Waals surface area contributed by atoms with Gasteiger partial charge in [-0.05, 0) is 29.8 Å². The van der Waals surface area contributed by atoms with Gasteiger partial charge in [0.05, 0.1) is 0 Å². The lowest BCUT2D eigenvalue weighted by Crippen LogP contribution is -2.40. The SMILES string of the molecule is O=C(CC1(c2ccc(F)cc2)Nc2ccccc2C1=O)c1ccccc1. The van der Waals surface area contributed by atoms with E-state index in [1.54, 1.807) is 48.5 Å². The first-order valence-electron chi connectivity index (χ1n) is 8.36. The van der Waals surface area contributed by atoms with Crippen LogP contribution in [0.25, 0.3) is 0 Å². The molecule has 0 radical (unpaired) electrons. The molecule has 0 aliphatic carbocycles. The molecule has 0 bridgehead atoms. The standard InChI is InChI=1S/C22H16FNO2/c23-17-12-10-16(11-13-17)22(14-20(25)15-6-2-1-3-7-15)21(26)18-8-4-5-9-19(18)24-22/h1-13,24H,14H2. The molecule has 128 valence electrons. The summed E-state index contributed by atoms with van der Waals surface area (Å²) in [6.07, 6.45) is -0.0455. The minimum absolute atomic E-state index is 0.0455. The molecular weight excluding hydrogens is 329 g/mol. The zero-order valence-electron chi connectivity index (χ0n) is 13.9. The van der Waals surface area contributed by atoms with E-state index in [4.69, 9.17) is 0 Å². The largest absolute Gasteiger partial charge is 0.368 e. The third-order valence-corrected chi connectivity index (χ3v) is 4.77. The van der Waals surface area contributed by atoms with Gasteiger partial charge in [0.1, 0.15) is 11.4 Å². The molecule has 26 heavy (non-hydrogen) atoms. The predicted molar refractivity (Wildman–Crippen MR) is 97.9 cm³/mol. The zero-order valence-corrected chi connectivity index (χ0v) is 13.9. The Balaban J connectivity index is 1.80. The number of ketones is 2. The number of halogens is 1. The van der Waals surface area contributed by atoms with E-state index in [0.717, 1.165) is 0 Å². The van der Waals surface area contributed by atoms with Gasteiger partial charge in [0.15, 0.2) is 11.6 Å². The maximum absolute atomic E-state index is 13.4. The maximum Gasteiger partial charge on any atom is 0.195 e. The van der Waals surface area contributed by atoms with E-state index in [0.29, 0.717) is 22.4 Å². The van der Waals surface area contributed by atoms with Gasteiger partial charge in [-0.25, -0.2) is 4.39 Å². The van der Waals surface area contributed by atoms with Crippen LogP contribution in [0, 0.1) is 5.82 Å². The summed E-state index contributed by atoms with van der Waals surface area (Å²) in [6.45, 7) is 0. The summed E-state index contributed by atoms with van der Waals surface area (Å²) < 4.78 is 13.4. The third kappa shape index (κ3) is 2.60. The monoisotopic (exact) mass is 345 g/mol. The van der Waals surface area contributed by atoms with Gasteiger partial charge >= 0.3 is 0 Å². The molecule has 0 aromatic heterocycles. The van der Waals surface area contributed by atoms with Gasteiger partial charge in [-0.15, -0.1) is 0 Å². The zero-order chi connectivity index (χ0) is 18.1. The van der Waals surface area contributed by atoms with Crippen molar-refractivity contribution >= 4 is 17.3 Å². The highest BCUT2D eigenvalue weighted by Gasteiger charge is 2.48. The van der Waals surface area contributed by atoms with Crippen LogP contribution in [0.15, 0.2) is 78.9 Å². The Morgan fingerprint density at radius 1 is 0.885 bits per heavy atom. The smallest absolute Gasteiger partial charge is 0.195 e. The lowest BCUT2D eigenvalue weighted by molar-refractivity contribution is 0.0846. The number of anilines is 1. The molecule has 4 heteroatoms. The summed E-state index contributed by atoms with van der Waals surface area (Å²) >= 11 is 0. The number of fused-ring (bicyclic) bond motifs is 1. The van der Waals surface area contributed by atoms with Gasteiger partial charge in [-0.2, -0.15) is 0 Å². The third-order valence-electron chi connectivity index (χ3n) is 4.77. The molecule has 3 aromatic rings. The van der Waals surface area contributed by atoms with Crippen LogP contribution in [0.5, 0.6) is 0 Å². The highest BCUT2D eigenvalue weighted by atomic mass is 19.1. The molecular formula is C22H16FNO2. The summed E-state index contributed by atoms with van der Waals surface area (Å²) in [5, 5.41) is 3.24. The first-order chi connectivity index (χ1) is 12.6. The second-order valence-corrected chi connectivity index (χ2v) is 6.38. The fourth-order valence-corrected chi connectivity index (χ4v) is 3.44. The van der Waals surface area contributed by atoms with Crippen molar-refractivity contribution in [3.05, 3.63) is 101 Å². The second kappa shape index (κ2) is 6.23. The minimum atomic E-state index is -1.23. The van der Waals surface area contributed by atoms with Crippen molar-refractivity contribution in [1.29, 1.82) is 0 Å². The number of nitrogens with one attached hydrogen (secondary N) is 1. The Kier molecular flexibility index (Phi) is 3.88. The van der Waals surface area contributed by atoms with Crippen LogP contribution in [-0.4, -0.2) is 11.6 Å². The maximum atomic E-state index is 13.4. The minimum Gasteiger partial charge on any atom is -0.368 e. The Hall–Kier alpha value is -3.27. The number of para-hydroxylation sites is 1. The van der Waals surface area contributed by atoms with Crippen LogP contribution in [0.2, 0.25) is 0 Å². The first kappa shape index (κ1) is 16.2. The van der Waals surface area contributed by atoms with Crippen LogP contribution >= 0.6 is 0 Å². The predicted octanol–water partition coefficient (Wildman–Crippen LogP) is 4.60. The Bertz CT molecular complexity index is 983. The van der Waals surface area contributed by atoms with Crippen LogP contribution < -0.4 is 5.32 Å². The van der Waals surface area contributed by atoms with E-state index in [2.05, 4.69) is 5.32 Å². The fourth-order valence-electron chi connectivity index (χ4n) is 3.44. The van der Waals surface area contributed by atoms with Crippen LogP contribution in [-0.2, 0) is 5.54 Å². The first-order valence-corrected chi connectivity index (χ1v) is 8.36. The van der Waals surface area contributed by atoms with Gasteiger partial charge < -0.3 is 5.32 Å². The van der Waals surface area contributed by atoms with Gasteiger partial charge in [0.25, 0.3) is 0 Å². The summed E-state index contributed by atoms with van der Waals surface area (Å²) in [5.74, 6) is -0.714. The van der Waals surface area contributed by atoms with E-state index < -0.39 is 5.54 Å². The number of hydrogen-bond acceptors (Lipinski definition) is 3. The lowest BCUT2D eigenvalue weighted by Gasteiger charge is -2.28. The molecule has 1 heterocycles. The van der Waals surface area contributed by atoms with Gasteiger partial charge in [-0.3, -0.25) is 9.59 Å². The Morgan fingerprint density at radius 3 is 2.23 bits per heavy atom. The van der Waals surface area contributed by atoms with Crippen LogP contribution in [0.4, 0.5) is 10.1 Å². The molecule has 0 amide bonds. The Labute approximate surface area is 150 Å². The van der Waals surface area contributed by atoms with Gasteiger partial charge in [0.2, 0.25) is 0 Å². The molecule has 0 fully saturated rings. The molecule has 1 aliphatic rings. The lowest BCUT2D eigenvalue weighted by atomic mass is 9.80. The number of benzene rings is 3. The van der Waals surface area contributed by atoms with Crippen molar-refractivity contribution in [1.82, 2.24) is 0 Å². The summed E-state index contributed by atoms with van der Waals surface area (Å²) in [6, 6.07) is 21.8. The molecule has 0 saturated carbocycles. The van der Waals surface area contributed by atoms with Crippen LogP contribution in [0.1, 0.15) is 32.7 Å². The molecule has 3 nitrogen and oxygen atoms in total. The van der Waals surface area contributed by atoms with E-state index in [1.165, 1.54) is 12.1 Å². The van der Waals surface area contributed by atoms with Crippen molar-refractivity contribution in [3.63, 3.8) is 0 Å². The van der Waals surface area contributed by atoms with Crippen molar-refractivity contribution in [3.8, 4) is 0 Å². The van der Waals surface area contributed by atoms with Crippen molar-refractivity contribution < 1.29 is 14.0 Å². The molecule has 1 aliphatic heterocycles. The average molecular weight is 345 g/mol. The average Bonchev–Trinajstić information content (AvgIpc) is 2.96. The van der Waals surface area contributed by atoms with Crippen molar-refractivity contribution in [2.45, 2.75) is 12.0 Å². The highest BCUT2D eigenvalue weighted by Crippen LogP contribution is 2.42. The molecule has 3 aromatic carbocycles. The van der Waals surface area contributed by atoms with Gasteiger partial charge in [-0.1, -0.05) is 54.6 Å². The number of hydrogen-bond donors (Lipinski definition) is 1. The summed E-state index contributed by atoms with van der Waals surface area (Å²) in [7, 11) is 0. The number of carbonyl (C=O) groups is 2. The topological polar surface area (TPSA) is 46.2 Å². The number of rotatable bonds is 4. The van der Waals surface area contributed by atoms with E-state index >= 15 is 0 Å². The number of carbonyl (C=O) groups excluding carboxylic acids is 2. The van der Waals surface area contributed by atoms with Crippen LogP contribution in [0.3, 0.4) is 0 Å². The molecule has 1 N–H and O–H groups in total. The van der Waals surface area contributed by atoms with E-state index in [9.17, 15) is 14.0 Å².